The van der Waals surface area contributed by atoms with Crippen LogP contribution in [-0.4, -0.2) is 43.3 Å². The Bertz CT molecular complexity index is 568. The van der Waals surface area contributed by atoms with Crippen molar-refractivity contribution < 1.29 is 13.2 Å². The number of hydrogen-bond acceptors (Lipinski definition) is 6. The van der Waals surface area contributed by atoms with Gasteiger partial charge in [-0.05, 0) is 36.2 Å². The lowest BCUT2D eigenvalue weighted by atomic mass is 10.3. The molecule has 1 heterocycles. The van der Waals surface area contributed by atoms with E-state index in [0.29, 0.717) is 17.5 Å². The molecule has 1 aromatic rings. The molecule has 0 radical (unpaired) electrons. The number of nitrogens with two attached hydrogens (primary N) is 1. The molecule has 0 atom stereocenters. The minimum absolute atomic E-state index is 0.0785. The first-order valence-electron chi connectivity index (χ1n) is 5.90. The molecule has 0 saturated carbocycles. The predicted molar refractivity (Wildman–Crippen MR) is 84.0 cm³/mol. The molecule has 1 aromatic carbocycles. The van der Waals surface area contributed by atoms with E-state index in [1.165, 1.54) is 24.1 Å². The molecular weight excluding hydrogens is 318 g/mol. The average molecular weight is 333 g/mol. The molecule has 0 amide bonds. The van der Waals surface area contributed by atoms with Gasteiger partial charge in [-0.25, -0.2) is 17.9 Å². The van der Waals surface area contributed by atoms with Gasteiger partial charge in [0.25, 0.3) is 0 Å². The highest BCUT2D eigenvalue weighted by molar-refractivity contribution is 8.21. The highest BCUT2D eigenvalue weighted by atomic mass is 32.2. The van der Waals surface area contributed by atoms with Gasteiger partial charge in [-0.2, -0.15) is 0 Å². The number of nitrogens with one attached hydrogen (secondary N) is 1. The minimum Gasteiger partial charge on any atom is -0.379 e. The van der Waals surface area contributed by atoms with E-state index in [2.05, 4.69) is 9.62 Å². The van der Waals surface area contributed by atoms with Crippen molar-refractivity contribution >= 4 is 44.2 Å². The Kier molecular flexibility index (Phi) is 5.35. The van der Waals surface area contributed by atoms with Crippen molar-refractivity contribution in [3.63, 3.8) is 0 Å². The van der Waals surface area contributed by atoms with E-state index in [1.807, 2.05) is 0 Å². The lowest BCUT2D eigenvalue weighted by Gasteiger charge is -2.25. The maximum Gasteiger partial charge on any atom is 0.238 e. The van der Waals surface area contributed by atoms with Crippen LogP contribution in [0.3, 0.4) is 0 Å². The summed E-state index contributed by atoms with van der Waals surface area (Å²) in [5.74, 6) is 0. The summed E-state index contributed by atoms with van der Waals surface area (Å²) in [6.45, 7) is 3.07. The minimum atomic E-state index is -3.66. The van der Waals surface area contributed by atoms with Crippen molar-refractivity contribution in [2.75, 3.05) is 31.6 Å². The molecule has 0 spiro atoms. The molecule has 1 aliphatic heterocycles. The SMILES string of the molecule is NS(=O)(=O)c1ccc(NC(=S)SN2CCOCC2)cc1. The van der Waals surface area contributed by atoms with Gasteiger partial charge in [-0.1, -0.05) is 12.2 Å². The second-order valence-corrected chi connectivity index (χ2v) is 7.45. The average Bonchev–Trinajstić information content (AvgIpc) is 2.39. The molecule has 0 aromatic heterocycles. The van der Waals surface area contributed by atoms with Crippen molar-refractivity contribution in [1.29, 1.82) is 0 Å². The van der Waals surface area contributed by atoms with Gasteiger partial charge in [0, 0.05) is 18.8 Å². The second-order valence-electron chi connectivity index (χ2n) is 4.11. The van der Waals surface area contributed by atoms with Crippen LogP contribution in [0.25, 0.3) is 0 Å². The smallest absolute Gasteiger partial charge is 0.238 e. The van der Waals surface area contributed by atoms with Gasteiger partial charge in [0.05, 0.1) is 18.1 Å². The number of anilines is 1. The summed E-state index contributed by atoms with van der Waals surface area (Å²) in [5, 5.41) is 8.08. The van der Waals surface area contributed by atoms with Crippen LogP contribution >= 0.6 is 24.2 Å². The topological polar surface area (TPSA) is 84.7 Å². The standard InChI is InChI=1S/C11H15N3O3S3/c12-20(15,16)10-3-1-9(2-4-10)13-11(18)19-14-5-7-17-8-6-14/h1-4H,5-8H2,(H,13,18)(H2,12,15,16). The predicted octanol–water partition coefficient (Wildman–Crippen LogP) is 1.01. The fraction of sp³-hybridized carbons (Fsp3) is 0.364. The Hall–Kier alpha value is -0.710. The maximum absolute atomic E-state index is 11.1. The Morgan fingerprint density at radius 2 is 1.90 bits per heavy atom. The monoisotopic (exact) mass is 333 g/mol. The molecule has 110 valence electrons. The van der Waals surface area contributed by atoms with E-state index < -0.39 is 10.0 Å². The quantitative estimate of drug-likeness (QED) is 0.631. The first-order valence-corrected chi connectivity index (χ1v) is 8.62. The maximum atomic E-state index is 11.1. The lowest BCUT2D eigenvalue weighted by molar-refractivity contribution is 0.0778. The fourth-order valence-electron chi connectivity index (χ4n) is 1.62. The molecule has 3 N–H and O–H groups in total. The third-order valence-electron chi connectivity index (χ3n) is 2.61. The number of ether oxygens (including phenoxy) is 1. The third kappa shape index (κ3) is 4.69. The van der Waals surface area contributed by atoms with E-state index >= 15 is 0 Å². The fourth-order valence-corrected chi connectivity index (χ4v) is 3.30. The van der Waals surface area contributed by atoms with Crippen LogP contribution in [0.1, 0.15) is 0 Å². The van der Waals surface area contributed by atoms with Crippen LogP contribution in [0, 0.1) is 0 Å². The van der Waals surface area contributed by atoms with Crippen molar-refractivity contribution in [3.05, 3.63) is 24.3 Å². The van der Waals surface area contributed by atoms with Crippen LogP contribution in [0.5, 0.6) is 0 Å². The zero-order valence-electron chi connectivity index (χ0n) is 10.6. The number of morpholine rings is 1. The first-order chi connectivity index (χ1) is 9.45. The highest BCUT2D eigenvalue weighted by Gasteiger charge is 2.13. The number of hydrogen-bond donors (Lipinski definition) is 2. The number of benzene rings is 1. The van der Waals surface area contributed by atoms with Crippen LogP contribution in [0.2, 0.25) is 0 Å². The Labute approximate surface area is 127 Å². The number of rotatable bonds is 3. The summed E-state index contributed by atoms with van der Waals surface area (Å²) in [4.78, 5) is 0.0785. The largest absolute Gasteiger partial charge is 0.379 e. The zero-order chi connectivity index (χ0) is 14.6. The lowest BCUT2D eigenvalue weighted by Crippen LogP contribution is -2.32. The molecule has 20 heavy (non-hydrogen) atoms. The third-order valence-corrected chi connectivity index (χ3v) is 4.76. The van der Waals surface area contributed by atoms with Gasteiger partial charge in [-0.3, -0.25) is 0 Å². The Balaban J connectivity index is 1.91. The number of thiocarbonyl (C=S) groups is 1. The molecule has 1 saturated heterocycles. The number of primary sulfonamides is 1. The summed E-state index contributed by atoms with van der Waals surface area (Å²) in [6.07, 6.45) is 0. The normalized spacial score (nSPS) is 16.9. The molecule has 0 bridgehead atoms. The van der Waals surface area contributed by atoms with Crippen molar-refractivity contribution in [2.24, 2.45) is 5.14 Å². The molecule has 6 nitrogen and oxygen atoms in total. The molecule has 1 aliphatic rings. The highest BCUT2D eigenvalue weighted by Crippen LogP contribution is 2.18. The summed E-state index contributed by atoms with van der Waals surface area (Å²) in [7, 11) is -3.66. The first kappa shape index (κ1) is 15.7. The van der Waals surface area contributed by atoms with Crippen LogP contribution < -0.4 is 10.5 Å². The summed E-state index contributed by atoms with van der Waals surface area (Å²) in [5.41, 5.74) is 0.725. The number of nitrogens with zero attached hydrogens (tertiary/aromatic N) is 1. The van der Waals surface area contributed by atoms with Gasteiger partial charge in [0.2, 0.25) is 10.0 Å². The summed E-state index contributed by atoms with van der Waals surface area (Å²) in [6, 6.07) is 6.15. The molecule has 0 aliphatic carbocycles. The van der Waals surface area contributed by atoms with Crippen molar-refractivity contribution in [2.45, 2.75) is 4.90 Å². The van der Waals surface area contributed by atoms with Gasteiger partial charge in [-0.15, -0.1) is 0 Å². The second kappa shape index (κ2) is 6.83. The zero-order valence-corrected chi connectivity index (χ0v) is 13.1. The summed E-state index contributed by atoms with van der Waals surface area (Å²) >= 11 is 6.71. The van der Waals surface area contributed by atoms with Gasteiger partial charge < -0.3 is 10.1 Å². The van der Waals surface area contributed by atoms with E-state index in [1.54, 1.807) is 12.1 Å². The molecule has 2 rings (SSSR count). The Morgan fingerprint density at radius 1 is 1.30 bits per heavy atom. The van der Waals surface area contributed by atoms with E-state index in [9.17, 15) is 8.42 Å². The van der Waals surface area contributed by atoms with E-state index in [-0.39, 0.29) is 4.90 Å². The van der Waals surface area contributed by atoms with E-state index in [4.69, 9.17) is 22.1 Å². The Morgan fingerprint density at radius 3 is 2.45 bits per heavy atom. The van der Waals surface area contributed by atoms with Gasteiger partial charge in [0.1, 0.15) is 0 Å². The van der Waals surface area contributed by atoms with Crippen LogP contribution in [0.4, 0.5) is 5.69 Å². The summed E-state index contributed by atoms with van der Waals surface area (Å²) < 4.78 is 30.3. The van der Waals surface area contributed by atoms with Gasteiger partial charge in [0.15, 0.2) is 4.32 Å². The van der Waals surface area contributed by atoms with Crippen molar-refractivity contribution in [1.82, 2.24) is 4.31 Å². The molecular formula is C11H15N3O3S3. The molecule has 9 heteroatoms. The van der Waals surface area contributed by atoms with Crippen LogP contribution in [-0.2, 0) is 14.8 Å². The number of sulfonamides is 1. The van der Waals surface area contributed by atoms with Crippen LogP contribution in [0.15, 0.2) is 29.2 Å². The van der Waals surface area contributed by atoms with Crippen molar-refractivity contribution in [3.8, 4) is 0 Å². The molecule has 0 unspecified atom stereocenters. The van der Waals surface area contributed by atoms with Gasteiger partial charge >= 0.3 is 0 Å². The molecule has 1 fully saturated rings. The van der Waals surface area contributed by atoms with E-state index in [0.717, 1.165) is 18.8 Å².